The van der Waals surface area contributed by atoms with Gasteiger partial charge in [-0.3, -0.25) is 14.6 Å². The van der Waals surface area contributed by atoms with Crippen LogP contribution in [0.1, 0.15) is 65.9 Å². The second-order valence-corrected chi connectivity index (χ2v) is 12.3. The lowest BCUT2D eigenvalue weighted by Gasteiger charge is -2.30. The fourth-order valence-electron chi connectivity index (χ4n) is 6.24. The fraction of sp³-hybridized carbons (Fsp3) is 0.485. The van der Waals surface area contributed by atoms with Crippen molar-refractivity contribution in [3.05, 3.63) is 59.5 Å². The molecule has 2 aliphatic rings. The Kier molecular flexibility index (Phi) is 8.50. The summed E-state index contributed by atoms with van der Waals surface area (Å²) in [5.41, 5.74) is 3.85. The van der Waals surface area contributed by atoms with Crippen molar-refractivity contribution in [2.75, 3.05) is 40.5 Å². The third-order valence-electron chi connectivity index (χ3n) is 9.06. The Morgan fingerprint density at radius 3 is 2.77 bits per heavy atom. The minimum Gasteiger partial charge on any atom is -0.496 e. The number of Topliss-reactive ketones (excluding diaryl/α,β-unsaturated/α-hetero) is 1. The van der Waals surface area contributed by atoms with E-state index in [-0.39, 0.29) is 29.6 Å². The van der Waals surface area contributed by atoms with Gasteiger partial charge in [0.15, 0.2) is 5.78 Å². The lowest BCUT2D eigenvalue weighted by Crippen LogP contribution is -2.37. The molecule has 4 aromatic rings. The summed E-state index contributed by atoms with van der Waals surface area (Å²) < 4.78 is 16.7. The van der Waals surface area contributed by atoms with E-state index in [1.54, 1.807) is 26.3 Å². The summed E-state index contributed by atoms with van der Waals surface area (Å²) in [6.45, 7) is 6.33. The highest BCUT2D eigenvalue weighted by Crippen LogP contribution is 2.59. The van der Waals surface area contributed by atoms with Crippen LogP contribution in [0.3, 0.4) is 0 Å². The highest BCUT2D eigenvalue weighted by Gasteiger charge is 2.58. The topological polar surface area (TPSA) is 135 Å². The number of ether oxygens (including phenoxy) is 2. The monoisotopic (exact) mass is 600 g/mol. The molecule has 232 valence electrons. The number of carbonyl (C=O) groups is 2. The average Bonchev–Trinajstić information content (AvgIpc) is 3.30. The fourth-order valence-corrected chi connectivity index (χ4v) is 6.24. The van der Waals surface area contributed by atoms with E-state index in [2.05, 4.69) is 37.4 Å². The molecule has 6 rings (SSSR count). The number of hydrogen-bond donors (Lipinski definition) is 2. The molecule has 2 N–H and O–H groups in total. The summed E-state index contributed by atoms with van der Waals surface area (Å²) in [5, 5.41) is 8.02. The molecule has 44 heavy (non-hydrogen) atoms. The van der Waals surface area contributed by atoms with Gasteiger partial charge in [0.25, 0.3) is 0 Å². The van der Waals surface area contributed by atoms with Crippen LogP contribution in [0.4, 0.5) is 0 Å². The number of hydrogen-bond acceptors (Lipinski definition) is 9. The quantitative estimate of drug-likeness (QED) is 0.173. The van der Waals surface area contributed by atoms with Gasteiger partial charge in [0.05, 0.1) is 31.1 Å². The Labute approximate surface area is 256 Å². The van der Waals surface area contributed by atoms with Crippen LogP contribution in [0, 0.1) is 25.2 Å². The molecule has 1 unspecified atom stereocenters. The first-order valence-corrected chi connectivity index (χ1v) is 15.3. The van der Waals surface area contributed by atoms with Crippen LogP contribution in [0.5, 0.6) is 5.75 Å². The molecular weight excluding hydrogens is 560 g/mol. The normalized spacial score (nSPS) is 18.4. The Balaban J connectivity index is 1.16. The third kappa shape index (κ3) is 6.39. The van der Waals surface area contributed by atoms with E-state index < -0.39 is 6.04 Å². The number of pyridine rings is 1. The molecular formula is C33H40N6O5. The first-order valence-electron chi connectivity index (χ1n) is 15.3. The summed E-state index contributed by atoms with van der Waals surface area (Å²) in [6, 6.07) is 9.14. The molecule has 11 heteroatoms. The molecule has 1 saturated carbocycles. The predicted molar refractivity (Wildman–Crippen MR) is 164 cm³/mol. The number of amides is 1. The van der Waals surface area contributed by atoms with Gasteiger partial charge in [0.2, 0.25) is 5.91 Å². The number of benzene rings is 1. The van der Waals surface area contributed by atoms with Crippen LogP contribution in [-0.4, -0.2) is 77.2 Å². The second kappa shape index (κ2) is 12.5. The number of aryl methyl sites for hydroxylation is 2. The zero-order valence-electron chi connectivity index (χ0n) is 25.8. The molecule has 1 amide bonds. The molecule has 1 spiro atoms. The van der Waals surface area contributed by atoms with Crippen molar-refractivity contribution >= 4 is 22.6 Å². The molecule has 0 radical (unpaired) electrons. The van der Waals surface area contributed by atoms with Gasteiger partial charge in [-0.15, -0.1) is 0 Å². The zero-order chi connectivity index (χ0) is 30.8. The number of carbonyl (C=O) groups excluding carboxylic acids is 2. The predicted octanol–water partition coefficient (Wildman–Crippen LogP) is 4.81. The Hall–Kier alpha value is -4.09. The molecule has 1 aromatic carbocycles. The van der Waals surface area contributed by atoms with E-state index >= 15 is 0 Å². The van der Waals surface area contributed by atoms with E-state index in [1.807, 2.05) is 31.2 Å². The standard InChI is InChI=1S/C33H40N6O5/c1-20-7-8-22-15-23(30(42-4)16-25(22)35-20)27-18-34-31(36-27)28(19-43-13-5-6-29(40)26-14-21(2)44-38-26)37-32(41)24-17-33(24)9-11-39(3)12-10-33/h7-8,14-16,18,24,28H,5-6,9-13,17,19H2,1-4H3,(H,34,36)(H,37,41)/t24?,28-/m0/s1. The van der Waals surface area contributed by atoms with E-state index in [9.17, 15) is 9.59 Å². The number of H-pyrrole nitrogens is 1. The van der Waals surface area contributed by atoms with Crippen LogP contribution >= 0.6 is 0 Å². The molecule has 1 aliphatic heterocycles. The largest absolute Gasteiger partial charge is 0.496 e. The van der Waals surface area contributed by atoms with Gasteiger partial charge < -0.3 is 29.2 Å². The van der Waals surface area contributed by atoms with Crippen LogP contribution in [0.2, 0.25) is 0 Å². The van der Waals surface area contributed by atoms with Gasteiger partial charge in [0, 0.05) is 47.7 Å². The van der Waals surface area contributed by atoms with Crippen LogP contribution in [0.25, 0.3) is 22.2 Å². The van der Waals surface area contributed by atoms with Gasteiger partial charge in [0.1, 0.15) is 29.1 Å². The highest BCUT2D eigenvalue weighted by atomic mass is 16.5. The van der Waals surface area contributed by atoms with Gasteiger partial charge in [-0.1, -0.05) is 11.2 Å². The zero-order valence-corrected chi connectivity index (χ0v) is 25.8. The first kappa shape index (κ1) is 30.0. The number of nitrogens with zero attached hydrogens (tertiary/aromatic N) is 4. The van der Waals surface area contributed by atoms with Gasteiger partial charge in [-0.25, -0.2) is 4.98 Å². The van der Waals surface area contributed by atoms with E-state index in [0.717, 1.165) is 60.2 Å². The van der Waals surface area contributed by atoms with Crippen molar-refractivity contribution in [3.63, 3.8) is 0 Å². The Bertz CT molecular complexity index is 1650. The molecule has 2 fully saturated rings. The van der Waals surface area contributed by atoms with Crippen molar-refractivity contribution in [1.29, 1.82) is 0 Å². The number of nitrogens with one attached hydrogen (secondary N) is 2. The van der Waals surface area contributed by atoms with Crippen molar-refractivity contribution in [1.82, 2.24) is 30.3 Å². The molecule has 1 saturated heterocycles. The van der Waals surface area contributed by atoms with E-state index in [4.69, 9.17) is 14.0 Å². The Morgan fingerprint density at radius 2 is 2.02 bits per heavy atom. The number of likely N-dealkylation sites (tertiary alicyclic amines) is 1. The van der Waals surface area contributed by atoms with Gasteiger partial charge in [-0.2, -0.15) is 0 Å². The van der Waals surface area contributed by atoms with Crippen molar-refractivity contribution in [3.8, 4) is 17.0 Å². The maximum absolute atomic E-state index is 13.5. The number of aromatic amines is 1. The highest BCUT2D eigenvalue weighted by molar-refractivity contribution is 5.94. The van der Waals surface area contributed by atoms with Crippen LogP contribution in [-0.2, 0) is 9.53 Å². The number of aromatic nitrogens is 4. The summed E-state index contributed by atoms with van der Waals surface area (Å²) in [4.78, 5) is 41.0. The number of piperidine rings is 1. The Morgan fingerprint density at radius 1 is 1.20 bits per heavy atom. The number of fused-ring (bicyclic) bond motifs is 1. The number of methoxy groups -OCH3 is 1. The molecule has 0 bridgehead atoms. The van der Waals surface area contributed by atoms with E-state index in [1.165, 1.54) is 0 Å². The summed E-state index contributed by atoms with van der Waals surface area (Å²) in [7, 11) is 3.77. The summed E-state index contributed by atoms with van der Waals surface area (Å²) in [5.74, 6) is 1.85. The molecule has 1 aliphatic carbocycles. The minimum absolute atomic E-state index is 0.00760. The number of ketones is 1. The summed E-state index contributed by atoms with van der Waals surface area (Å²) in [6.07, 6.45) is 5.59. The average molecular weight is 601 g/mol. The molecule has 11 nitrogen and oxygen atoms in total. The minimum atomic E-state index is -0.482. The first-order chi connectivity index (χ1) is 21.2. The van der Waals surface area contributed by atoms with E-state index in [0.29, 0.717) is 42.5 Å². The summed E-state index contributed by atoms with van der Waals surface area (Å²) >= 11 is 0. The van der Waals surface area contributed by atoms with Gasteiger partial charge >= 0.3 is 0 Å². The van der Waals surface area contributed by atoms with Crippen molar-refractivity contribution < 1.29 is 23.6 Å². The smallest absolute Gasteiger partial charge is 0.224 e. The van der Waals surface area contributed by atoms with Crippen molar-refractivity contribution in [2.45, 2.75) is 52.0 Å². The third-order valence-corrected chi connectivity index (χ3v) is 9.06. The second-order valence-electron chi connectivity index (χ2n) is 12.3. The van der Waals surface area contributed by atoms with Crippen molar-refractivity contribution in [2.24, 2.45) is 11.3 Å². The van der Waals surface area contributed by atoms with Gasteiger partial charge in [-0.05, 0) is 77.2 Å². The maximum atomic E-state index is 13.5. The number of rotatable bonds is 12. The lowest BCUT2D eigenvalue weighted by atomic mass is 9.91. The molecule has 2 atom stereocenters. The van der Waals surface area contributed by atoms with Crippen LogP contribution in [0.15, 0.2) is 41.1 Å². The SMILES string of the molecule is COc1cc2nc(C)ccc2cc1-c1cnc([C@H](COCCCC(=O)c2cc(C)on2)NC(=O)C2CC23CCN(C)CC3)[nH]1. The molecule has 4 heterocycles. The maximum Gasteiger partial charge on any atom is 0.224 e. The number of imidazole rings is 1. The lowest BCUT2D eigenvalue weighted by molar-refractivity contribution is -0.124. The van der Waals surface area contributed by atoms with Crippen LogP contribution < -0.4 is 10.1 Å². The molecule has 3 aromatic heterocycles.